The Kier molecular flexibility index (Phi) is 21.5. The van der Waals surface area contributed by atoms with Crippen LogP contribution in [0.15, 0.2) is 36.2 Å². The van der Waals surface area contributed by atoms with Crippen LogP contribution < -0.4 is 11.0 Å². The first kappa shape index (κ1) is 60.8. The first-order valence-corrected chi connectivity index (χ1v) is 26.1. The molecule has 4 aliphatic rings. The molecule has 20 heteroatoms. The maximum absolute atomic E-state index is 14.8. The number of cyclic esters (lactones) is 1. The number of methoxy groups -OCH3 is 3. The zero-order valence-corrected chi connectivity index (χ0v) is 46.1. The molecule has 0 saturated carbocycles. The maximum Gasteiger partial charge on any atom is 0.337 e. The van der Waals surface area contributed by atoms with E-state index in [1.807, 2.05) is 58.5 Å². The van der Waals surface area contributed by atoms with Gasteiger partial charge in [0.2, 0.25) is 0 Å². The Morgan fingerprint density at radius 1 is 0.973 bits per heavy atom. The number of hydrogen-bond donors (Lipinski definition) is 6. The molecule has 3 fully saturated rings. The average Bonchev–Trinajstić information content (AvgIpc) is 3.82. The normalized spacial score (nSPS) is 39.4. The topological polar surface area (TPSA) is 223 Å². The largest absolute Gasteiger partial charge is 0.465 e. The highest BCUT2D eigenvalue weighted by atomic mass is 19.1. The number of ether oxygens (including phenoxy) is 8. The fourth-order valence-electron chi connectivity index (χ4n) is 11.6. The van der Waals surface area contributed by atoms with Gasteiger partial charge in [0.15, 0.2) is 12.6 Å². The van der Waals surface area contributed by atoms with E-state index in [9.17, 15) is 34.4 Å². The molecular formula is C53H90FN5O14. The Bertz CT molecular complexity index is 1950. The molecule has 73 heavy (non-hydrogen) atoms. The molecule has 4 aliphatic heterocycles. The van der Waals surface area contributed by atoms with Gasteiger partial charge in [0, 0.05) is 76.5 Å². The lowest BCUT2D eigenvalue weighted by Gasteiger charge is -2.48. The summed E-state index contributed by atoms with van der Waals surface area (Å²) in [5, 5.41) is 50.3. The average molecular weight is 1040 g/mol. The number of benzene rings is 1. The van der Waals surface area contributed by atoms with E-state index in [1.165, 1.54) is 21.1 Å². The van der Waals surface area contributed by atoms with E-state index in [4.69, 9.17) is 37.9 Å². The van der Waals surface area contributed by atoms with Crippen LogP contribution in [0.1, 0.15) is 130 Å². The van der Waals surface area contributed by atoms with E-state index in [-0.39, 0.29) is 31.0 Å². The minimum atomic E-state index is -1.82. The number of nitrogens with one attached hydrogen (secondary N) is 2. The van der Waals surface area contributed by atoms with Gasteiger partial charge in [0.05, 0.1) is 54.2 Å². The molecule has 0 unspecified atom stereocenters. The number of aliphatic hydroxyl groups is 4. The quantitative estimate of drug-likeness (QED) is 0.127. The van der Waals surface area contributed by atoms with Gasteiger partial charge < -0.3 is 73.5 Å². The summed E-state index contributed by atoms with van der Waals surface area (Å²) in [7, 11) is 8.20. The molecule has 4 heterocycles. The molecule has 0 bridgehead atoms. The summed E-state index contributed by atoms with van der Waals surface area (Å²) in [5.74, 6) is -3.15. The first-order chi connectivity index (χ1) is 34.2. The number of hydrazine groups is 2. The summed E-state index contributed by atoms with van der Waals surface area (Å²) in [4.78, 5) is 30.5. The van der Waals surface area contributed by atoms with E-state index in [2.05, 4.69) is 11.0 Å². The lowest BCUT2D eigenvalue weighted by atomic mass is 9.77. The molecule has 5 rings (SSSR count). The Hall–Kier alpha value is -3.09. The lowest BCUT2D eigenvalue weighted by Crippen LogP contribution is -2.60. The highest BCUT2D eigenvalue weighted by Gasteiger charge is 2.52. The summed E-state index contributed by atoms with van der Waals surface area (Å²) in [6.07, 6.45) is -5.01. The first-order valence-electron chi connectivity index (χ1n) is 26.1. The Labute approximate surface area is 433 Å². The second kappa shape index (κ2) is 25.8. The van der Waals surface area contributed by atoms with Crippen molar-refractivity contribution in [2.75, 3.05) is 55.2 Å². The monoisotopic (exact) mass is 1040 g/mol. The molecule has 1 aromatic carbocycles. The number of rotatable bonds is 16. The van der Waals surface area contributed by atoms with Crippen molar-refractivity contribution >= 4 is 11.9 Å². The van der Waals surface area contributed by atoms with Crippen LogP contribution in [0.4, 0.5) is 4.39 Å². The summed E-state index contributed by atoms with van der Waals surface area (Å²) in [5.41, 5.74) is 3.96. The van der Waals surface area contributed by atoms with E-state index in [0.717, 1.165) is 5.70 Å². The molecule has 0 spiro atoms. The van der Waals surface area contributed by atoms with Crippen molar-refractivity contribution in [2.45, 2.75) is 204 Å². The van der Waals surface area contributed by atoms with Gasteiger partial charge in [-0.2, -0.15) is 0 Å². The van der Waals surface area contributed by atoms with Gasteiger partial charge in [-0.3, -0.25) is 9.80 Å². The van der Waals surface area contributed by atoms with Crippen molar-refractivity contribution in [3.63, 3.8) is 0 Å². The van der Waals surface area contributed by atoms with Crippen LogP contribution in [0.2, 0.25) is 0 Å². The van der Waals surface area contributed by atoms with Crippen LogP contribution in [0.3, 0.4) is 0 Å². The molecule has 3 saturated heterocycles. The number of carbonyl (C=O) groups is 2. The number of halogens is 1. The van der Waals surface area contributed by atoms with Gasteiger partial charge >= 0.3 is 11.9 Å². The van der Waals surface area contributed by atoms with Gasteiger partial charge in [-0.1, -0.05) is 32.9 Å². The molecule has 0 radical (unpaired) electrons. The van der Waals surface area contributed by atoms with Crippen LogP contribution in [0.5, 0.6) is 0 Å². The number of likely N-dealkylation sites (N-methyl/N-ethyl adjacent to an activating group) is 2. The third kappa shape index (κ3) is 14.7. The fraction of sp³-hybridized carbons (Fsp3) is 0.811. The van der Waals surface area contributed by atoms with Crippen LogP contribution in [-0.2, 0) is 42.7 Å². The van der Waals surface area contributed by atoms with Gasteiger partial charge in [-0.05, 0) is 105 Å². The SMILES string of the molecule is CC[C@H]1OC(=O)[C@H](C)[C@@H](O[C@H]2C[C@@](C)(OC)C[C@H](C)O2)[C@H](C)[C@@H](O[C@@H]2O[C@H](C)C[C@H](N(C)CCC3=CN([C@H](CF)[C@H](OC)c4ccc(C(=O)OC)cc4)NN3)[C@H]2O)[C@](C)(O)C[C@@H](C)CN(C)[C@H](C)[C@@H](O)[C@]1(C)O. The molecule has 0 aliphatic carbocycles. The van der Waals surface area contributed by atoms with Gasteiger partial charge in [0.1, 0.15) is 42.7 Å². The van der Waals surface area contributed by atoms with Crippen molar-refractivity contribution in [3.05, 3.63) is 47.3 Å². The van der Waals surface area contributed by atoms with Crippen molar-refractivity contribution in [3.8, 4) is 0 Å². The zero-order chi connectivity index (χ0) is 54.3. The molecule has 1 aromatic rings. The summed E-state index contributed by atoms with van der Waals surface area (Å²) in [6.45, 7) is 18.2. The van der Waals surface area contributed by atoms with Crippen LogP contribution in [0, 0.1) is 17.8 Å². The number of aliphatic hydroxyl groups excluding tert-OH is 2. The van der Waals surface area contributed by atoms with E-state index >= 15 is 0 Å². The molecule has 418 valence electrons. The standard InChI is InChI=1S/C53H90FN5O14/c1-16-41-53(10,65)46(61)35(7)58(12)28-30(2)24-52(9,64)47(33(5)44(34(6)48(62)71-41)72-42-26-51(8,68-15)25-32(4)69-42)73-50-43(60)39(23-31(3)70-50)57(11)22-21-38-29-59(56-55-38)40(27-54)45(66-13)36-17-19-37(20-18-36)49(63)67-14/h17-20,29-35,39-47,50,55-56,60-61,64-65H,16,21-28H2,1-15H3/t30-,31-,32+,33+,34-,35-,39+,40-,41-,42+,43-,44+,45-,46-,47-,50+,51+,52-,53-/m1/s1. The van der Waals surface area contributed by atoms with Gasteiger partial charge in [0.25, 0.3) is 0 Å². The maximum atomic E-state index is 14.8. The Balaban J connectivity index is 1.42. The number of esters is 2. The molecule has 0 amide bonds. The Morgan fingerprint density at radius 3 is 2.25 bits per heavy atom. The van der Waals surface area contributed by atoms with E-state index < -0.39 is 115 Å². The van der Waals surface area contributed by atoms with Crippen molar-refractivity contribution in [1.29, 1.82) is 0 Å². The van der Waals surface area contributed by atoms with E-state index in [0.29, 0.717) is 49.9 Å². The highest BCUT2D eigenvalue weighted by molar-refractivity contribution is 5.89. The van der Waals surface area contributed by atoms with Crippen molar-refractivity contribution in [2.24, 2.45) is 17.8 Å². The number of alkyl halides is 1. The lowest BCUT2D eigenvalue weighted by molar-refractivity contribution is -0.310. The predicted octanol–water partition coefficient (Wildman–Crippen LogP) is 4.37. The molecule has 0 aromatic heterocycles. The predicted molar refractivity (Wildman–Crippen MR) is 270 cm³/mol. The second-order valence-corrected chi connectivity index (χ2v) is 22.2. The number of hydrogen-bond acceptors (Lipinski definition) is 19. The van der Waals surface area contributed by atoms with Gasteiger partial charge in [-0.15, -0.1) is 5.53 Å². The van der Waals surface area contributed by atoms with E-state index in [1.54, 1.807) is 70.3 Å². The van der Waals surface area contributed by atoms with Crippen molar-refractivity contribution in [1.82, 2.24) is 25.8 Å². The highest BCUT2D eigenvalue weighted by Crippen LogP contribution is 2.40. The number of nitrogens with zero attached hydrogens (tertiary/aromatic N) is 3. The second-order valence-electron chi connectivity index (χ2n) is 22.2. The van der Waals surface area contributed by atoms with Crippen LogP contribution >= 0.6 is 0 Å². The third-order valence-corrected chi connectivity index (χ3v) is 16.0. The molecular weight excluding hydrogens is 950 g/mol. The minimum absolute atomic E-state index is 0.191. The fourth-order valence-corrected chi connectivity index (χ4v) is 11.6. The molecule has 19 nitrogen and oxygen atoms in total. The summed E-state index contributed by atoms with van der Waals surface area (Å²) < 4.78 is 64.1. The van der Waals surface area contributed by atoms with Crippen LogP contribution in [0.25, 0.3) is 0 Å². The smallest absolute Gasteiger partial charge is 0.337 e. The molecule has 19 atom stereocenters. The Morgan fingerprint density at radius 2 is 1.64 bits per heavy atom. The summed E-state index contributed by atoms with van der Waals surface area (Å²) >= 11 is 0. The summed E-state index contributed by atoms with van der Waals surface area (Å²) in [6, 6.07) is 4.85. The zero-order valence-electron chi connectivity index (χ0n) is 46.1. The molecule has 6 N–H and O–H groups in total. The third-order valence-electron chi connectivity index (χ3n) is 16.0. The number of carbonyl (C=O) groups excluding carboxylic acids is 2. The van der Waals surface area contributed by atoms with Crippen molar-refractivity contribution < 1.29 is 72.3 Å². The minimum Gasteiger partial charge on any atom is -0.465 e. The van der Waals surface area contributed by atoms with Crippen LogP contribution in [-0.4, -0.2) is 193 Å². The van der Waals surface area contributed by atoms with Gasteiger partial charge in [-0.25, -0.2) is 9.18 Å².